The van der Waals surface area contributed by atoms with Crippen LogP contribution >= 0.6 is 22.6 Å². The van der Waals surface area contributed by atoms with Crippen molar-refractivity contribution < 1.29 is 19.0 Å². The van der Waals surface area contributed by atoms with Crippen LogP contribution in [0.25, 0.3) is 0 Å². The zero-order valence-electron chi connectivity index (χ0n) is 12.3. The zero-order chi connectivity index (χ0) is 14.7. The molecule has 1 atom stereocenters. The van der Waals surface area contributed by atoms with Crippen LogP contribution < -0.4 is 5.32 Å². The molecule has 1 amide bonds. The lowest BCUT2D eigenvalue weighted by Gasteiger charge is -2.19. The summed E-state index contributed by atoms with van der Waals surface area (Å²) in [6.07, 6.45) is -0.321. The predicted octanol–water partition coefficient (Wildman–Crippen LogP) is 1.98. The van der Waals surface area contributed by atoms with Crippen molar-refractivity contribution in [2.24, 2.45) is 5.41 Å². The fraction of sp³-hybridized carbons (Fsp3) is 0.923. The van der Waals surface area contributed by atoms with Crippen molar-refractivity contribution in [3.8, 4) is 0 Å². The summed E-state index contributed by atoms with van der Waals surface area (Å²) in [6, 6.07) is 0. The molecule has 6 heteroatoms. The van der Waals surface area contributed by atoms with Crippen molar-refractivity contribution in [1.82, 2.24) is 5.32 Å². The number of ether oxygens (including phenoxy) is 3. The van der Waals surface area contributed by atoms with Gasteiger partial charge in [0, 0.05) is 23.0 Å². The molecule has 0 aromatic heterocycles. The molecule has 0 spiro atoms. The van der Waals surface area contributed by atoms with Gasteiger partial charge in [-0.2, -0.15) is 0 Å². The van der Waals surface area contributed by atoms with Crippen LogP contribution in [0.5, 0.6) is 0 Å². The number of carbonyl (C=O) groups excluding carboxylic acids is 1. The van der Waals surface area contributed by atoms with Crippen molar-refractivity contribution in [2.45, 2.75) is 34.0 Å². The molecule has 114 valence electrons. The molecule has 5 nitrogen and oxygen atoms in total. The van der Waals surface area contributed by atoms with E-state index >= 15 is 0 Å². The largest absolute Gasteiger partial charge is 0.374 e. The summed E-state index contributed by atoms with van der Waals surface area (Å²) in [4.78, 5) is 11.6. The summed E-state index contributed by atoms with van der Waals surface area (Å²) in [5.74, 6) is 0.0265. The summed E-state index contributed by atoms with van der Waals surface area (Å²) in [7, 11) is 0. The number of amides is 1. The van der Waals surface area contributed by atoms with Gasteiger partial charge in [-0.3, -0.25) is 4.79 Å². The van der Waals surface area contributed by atoms with Crippen molar-refractivity contribution >= 4 is 28.5 Å². The topological polar surface area (TPSA) is 56.8 Å². The lowest BCUT2D eigenvalue weighted by molar-refractivity contribution is -0.166. The van der Waals surface area contributed by atoms with E-state index in [9.17, 15) is 4.79 Å². The maximum absolute atomic E-state index is 11.6. The van der Waals surface area contributed by atoms with Gasteiger partial charge in [0.2, 0.25) is 5.91 Å². The minimum atomic E-state index is -0.364. The van der Waals surface area contributed by atoms with Gasteiger partial charge in [-0.25, -0.2) is 0 Å². The van der Waals surface area contributed by atoms with Crippen LogP contribution in [0.1, 0.15) is 27.7 Å². The lowest BCUT2D eigenvalue weighted by atomic mass is 9.96. The first-order valence-corrected chi connectivity index (χ1v) is 8.09. The van der Waals surface area contributed by atoms with Gasteiger partial charge in [-0.15, -0.1) is 0 Å². The number of halogens is 1. The van der Waals surface area contributed by atoms with Crippen molar-refractivity contribution in [1.29, 1.82) is 0 Å². The van der Waals surface area contributed by atoms with Crippen molar-refractivity contribution in [2.75, 3.05) is 37.4 Å². The first-order valence-electron chi connectivity index (χ1n) is 6.57. The van der Waals surface area contributed by atoms with E-state index < -0.39 is 0 Å². The zero-order valence-corrected chi connectivity index (χ0v) is 14.5. The number of hydrogen-bond donors (Lipinski definition) is 1. The highest BCUT2D eigenvalue weighted by Gasteiger charge is 2.20. The smallest absolute Gasteiger partial charge is 0.225 e. The molecular weight excluding hydrogens is 361 g/mol. The summed E-state index contributed by atoms with van der Waals surface area (Å²) < 4.78 is 17.2. The highest BCUT2D eigenvalue weighted by atomic mass is 127. The summed E-state index contributed by atoms with van der Waals surface area (Å²) >= 11 is 2.25. The molecule has 0 saturated carbocycles. The quantitative estimate of drug-likeness (QED) is 0.270. The Balaban J connectivity index is 3.67. The Bertz CT molecular complexity index is 243. The van der Waals surface area contributed by atoms with Crippen LogP contribution in [-0.2, 0) is 19.0 Å². The molecule has 1 N–H and O–H groups in total. The average Bonchev–Trinajstić information content (AvgIpc) is 2.33. The molecule has 0 heterocycles. The first-order chi connectivity index (χ1) is 8.91. The molecule has 0 rings (SSSR count). The third-order valence-electron chi connectivity index (χ3n) is 2.20. The van der Waals surface area contributed by atoms with E-state index in [0.717, 1.165) is 4.43 Å². The van der Waals surface area contributed by atoms with Gasteiger partial charge < -0.3 is 19.5 Å². The van der Waals surface area contributed by atoms with E-state index in [1.54, 1.807) is 0 Å². The Morgan fingerprint density at radius 3 is 2.47 bits per heavy atom. The maximum Gasteiger partial charge on any atom is 0.225 e. The monoisotopic (exact) mass is 387 g/mol. The van der Waals surface area contributed by atoms with Crippen LogP contribution in [0.4, 0.5) is 0 Å². The normalized spacial score (nSPS) is 13.3. The van der Waals surface area contributed by atoms with Gasteiger partial charge in [0.15, 0.2) is 6.29 Å². The van der Waals surface area contributed by atoms with Gasteiger partial charge in [-0.1, -0.05) is 43.4 Å². The molecule has 0 aliphatic rings. The number of alkyl halides is 1. The highest BCUT2D eigenvalue weighted by molar-refractivity contribution is 14.1. The van der Waals surface area contributed by atoms with Crippen LogP contribution in [-0.4, -0.2) is 49.6 Å². The van der Waals surface area contributed by atoms with Gasteiger partial charge in [0.05, 0.1) is 19.8 Å². The number of carbonyl (C=O) groups is 1. The summed E-state index contributed by atoms with van der Waals surface area (Å²) in [5.41, 5.74) is -0.364. The molecule has 0 saturated heterocycles. The third-order valence-corrected chi connectivity index (χ3v) is 2.64. The van der Waals surface area contributed by atoms with E-state index in [1.165, 1.54) is 0 Å². The Kier molecular flexibility index (Phi) is 10.9. The summed E-state index contributed by atoms with van der Waals surface area (Å²) in [6.45, 7) is 10.1. The summed E-state index contributed by atoms with van der Waals surface area (Å²) in [5, 5.41) is 2.82. The van der Waals surface area contributed by atoms with E-state index in [0.29, 0.717) is 33.0 Å². The third kappa shape index (κ3) is 10.5. The molecule has 0 fully saturated rings. The molecule has 0 radical (unpaired) electrons. The Morgan fingerprint density at radius 1 is 1.26 bits per heavy atom. The molecule has 0 aliphatic heterocycles. The van der Waals surface area contributed by atoms with E-state index in [1.807, 2.05) is 27.7 Å². The first kappa shape index (κ1) is 19.1. The minimum Gasteiger partial charge on any atom is -0.374 e. The minimum absolute atomic E-state index is 0.0265. The maximum atomic E-state index is 11.6. The molecule has 1 unspecified atom stereocenters. The van der Waals surface area contributed by atoms with Gasteiger partial charge in [0.1, 0.15) is 0 Å². The fourth-order valence-electron chi connectivity index (χ4n) is 1.19. The predicted molar refractivity (Wildman–Crippen MR) is 83.5 cm³/mol. The van der Waals surface area contributed by atoms with E-state index in [2.05, 4.69) is 27.9 Å². The standard InChI is InChI=1S/C13H26INO4/c1-5-18-11(19-8-6-14)10-17-9-7-15-12(16)13(2,3)4/h11H,5-10H2,1-4H3,(H,15,16). The molecule has 19 heavy (non-hydrogen) atoms. The number of nitrogens with one attached hydrogen (secondary N) is 1. The Labute approximate surface area is 129 Å². The molecule has 0 bridgehead atoms. The van der Waals surface area contributed by atoms with Crippen molar-refractivity contribution in [3.63, 3.8) is 0 Å². The van der Waals surface area contributed by atoms with Gasteiger partial charge in [-0.05, 0) is 6.92 Å². The molecule has 0 aromatic rings. The lowest BCUT2D eigenvalue weighted by Crippen LogP contribution is -2.37. The average molecular weight is 387 g/mol. The number of rotatable bonds is 10. The van der Waals surface area contributed by atoms with E-state index in [4.69, 9.17) is 14.2 Å². The Hall–Kier alpha value is 0.0800. The highest BCUT2D eigenvalue weighted by Crippen LogP contribution is 2.11. The second-order valence-corrected chi connectivity index (χ2v) is 6.10. The van der Waals surface area contributed by atoms with Crippen LogP contribution in [0.3, 0.4) is 0 Å². The Morgan fingerprint density at radius 2 is 1.95 bits per heavy atom. The second kappa shape index (κ2) is 10.8. The van der Waals surface area contributed by atoms with Gasteiger partial charge >= 0.3 is 0 Å². The molecule has 0 aromatic carbocycles. The SMILES string of the molecule is CCOC(COCCNC(=O)C(C)(C)C)OCCI. The molecular formula is C13H26INO4. The fourth-order valence-corrected chi connectivity index (χ4v) is 1.44. The van der Waals surface area contributed by atoms with Crippen LogP contribution in [0, 0.1) is 5.41 Å². The van der Waals surface area contributed by atoms with E-state index in [-0.39, 0.29) is 17.6 Å². The van der Waals surface area contributed by atoms with Crippen LogP contribution in [0.2, 0.25) is 0 Å². The van der Waals surface area contributed by atoms with Gasteiger partial charge in [0.25, 0.3) is 0 Å². The number of hydrogen-bond acceptors (Lipinski definition) is 4. The molecule has 0 aliphatic carbocycles. The van der Waals surface area contributed by atoms with Crippen LogP contribution in [0.15, 0.2) is 0 Å². The second-order valence-electron chi connectivity index (χ2n) is 5.03. The van der Waals surface area contributed by atoms with Crippen molar-refractivity contribution in [3.05, 3.63) is 0 Å².